The van der Waals surface area contributed by atoms with Gasteiger partial charge in [0.2, 0.25) is 0 Å². The Morgan fingerprint density at radius 2 is 2.00 bits per heavy atom. The van der Waals surface area contributed by atoms with Crippen LogP contribution in [0, 0.1) is 36.9 Å². The summed E-state index contributed by atoms with van der Waals surface area (Å²) in [5, 5.41) is 12.4. The van der Waals surface area contributed by atoms with Crippen molar-refractivity contribution in [3.05, 3.63) is 53.0 Å². The molecule has 6 nitrogen and oxygen atoms in total. The maximum atomic E-state index is 12.9. The van der Waals surface area contributed by atoms with Crippen LogP contribution in [0.5, 0.6) is 5.75 Å². The number of benzene rings is 1. The van der Waals surface area contributed by atoms with Crippen molar-refractivity contribution in [2.75, 3.05) is 31.1 Å². The molecule has 1 aliphatic heterocycles. The maximum absolute atomic E-state index is 12.9. The first-order chi connectivity index (χ1) is 14.0. The molecule has 2 aromatic rings. The fourth-order valence-corrected chi connectivity index (χ4v) is 3.52. The lowest BCUT2D eigenvalue weighted by atomic mass is 9.96. The zero-order valence-electron chi connectivity index (χ0n) is 16.7. The highest BCUT2D eigenvalue weighted by atomic mass is 19.1. The largest absolute Gasteiger partial charge is 0.484 e. The van der Waals surface area contributed by atoms with Crippen LogP contribution in [-0.2, 0) is 4.79 Å². The molecule has 7 heteroatoms. The normalized spacial score (nSPS) is 14.3. The van der Waals surface area contributed by atoms with Crippen LogP contribution in [0.2, 0.25) is 0 Å². The molecular formula is C22H25FN4O2. The Morgan fingerprint density at radius 1 is 1.31 bits per heavy atom. The topological polar surface area (TPSA) is 78.2 Å². The number of rotatable bonds is 6. The summed E-state index contributed by atoms with van der Waals surface area (Å²) in [6, 6.07) is 9.78. The van der Waals surface area contributed by atoms with E-state index in [1.165, 1.54) is 24.3 Å². The van der Waals surface area contributed by atoms with Gasteiger partial charge in [0.05, 0.1) is 5.56 Å². The molecule has 152 valence electrons. The number of nitrogens with zero attached hydrogens (tertiary/aromatic N) is 3. The standard InChI is InChI=1S/C22H25FN4O2/c1-15-11-16(2)26-22(20(15)12-24)27-9-7-17(8-10-27)13-25-21(28)14-29-19-5-3-18(23)4-6-19/h3-6,11,17H,7-10,13-14H2,1-2H3,(H,25,28). The SMILES string of the molecule is Cc1cc(C)c(C#N)c(N2CCC(CNC(=O)COc3ccc(F)cc3)CC2)n1. The minimum atomic E-state index is -0.342. The number of hydrogen-bond donors (Lipinski definition) is 1. The second-order valence-electron chi connectivity index (χ2n) is 7.37. The molecule has 0 radical (unpaired) electrons. The lowest BCUT2D eigenvalue weighted by Gasteiger charge is -2.33. The van der Waals surface area contributed by atoms with E-state index in [4.69, 9.17) is 4.74 Å². The van der Waals surface area contributed by atoms with Crippen molar-refractivity contribution < 1.29 is 13.9 Å². The van der Waals surface area contributed by atoms with E-state index < -0.39 is 0 Å². The van der Waals surface area contributed by atoms with E-state index in [1.54, 1.807) is 0 Å². The van der Waals surface area contributed by atoms with Crippen LogP contribution < -0.4 is 15.0 Å². The molecule has 0 aliphatic carbocycles. The monoisotopic (exact) mass is 396 g/mol. The highest BCUT2D eigenvalue weighted by Crippen LogP contribution is 2.26. The average Bonchev–Trinajstić information content (AvgIpc) is 2.71. The zero-order chi connectivity index (χ0) is 20.8. The van der Waals surface area contributed by atoms with E-state index in [9.17, 15) is 14.4 Å². The number of carbonyl (C=O) groups is 1. The van der Waals surface area contributed by atoms with Crippen LogP contribution in [0.25, 0.3) is 0 Å². The van der Waals surface area contributed by atoms with Crippen LogP contribution in [0.3, 0.4) is 0 Å². The highest BCUT2D eigenvalue weighted by molar-refractivity contribution is 5.77. The van der Waals surface area contributed by atoms with Gasteiger partial charge in [-0.15, -0.1) is 0 Å². The van der Waals surface area contributed by atoms with Crippen molar-refractivity contribution >= 4 is 11.7 Å². The Kier molecular flexibility index (Phi) is 6.65. The Morgan fingerprint density at radius 3 is 2.66 bits per heavy atom. The van der Waals surface area contributed by atoms with Crippen molar-refractivity contribution in [3.8, 4) is 11.8 Å². The summed E-state index contributed by atoms with van der Waals surface area (Å²) in [6.45, 7) is 5.97. The van der Waals surface area contributed by atoms with Crippen molar-refractivity contribution in [3.63, 3.8) is 0 Å². The van der Waals surface area contributed by atoms with Crippen LogP contribution in [0.4, 0.5) is 10.2 Å². The third-order valence-electron chi connectivity index (χ3n) is 5.12. The van der Waals surface area contributed by atoms with Gasteiger partial charge in [0.25, 0.3) is 5.91 Å². The summed E-state index contributed by atoms with van der Waals surface area (Å²) in [5.41, 5.74) is 2.50. The summed E-state index contributed by atoms with van der Waals surface area (Å²) >= 11 is 0. The van der Waals surface area contributed by atoms with E-state index in [1.807, 2.05) is 19.9 Å². The first-order valence-electron chi connectivity index (χ1n) is 9.74. The Labute approximate surface area is 170 Å². The first kappa shape index (κ1) is 20.6. The molecule has 0 saturated carbocycles. The molecule has 1 aromatic heterocycles. The number of carbonyl (C=O) groups excluding carboxylic acids is 1. The second-order valence-corrected chi connectivity index (χ2v) is 7.37. The molecule has 0 spiro atoms. The van der Waals surface area contributed by atoms with E-state index in [0.717, 1.165) is 43.0 Å². The number of halogens is 1. The molecule has 1 aliphatic rings. The summed E-state index contributed by atoms with van der Waals surface area (Å²) in [6.07, 6.45) is 1.83. The van der Waals surface area contributed by atoms with Crippen molar-refractivity contribution in [2.45, 2.75) is 26.7 Å². The summed E-state index contributed by atoms with van der Waals surface area (Å²) in [7, 11) is 0. The van der Waals surface area contributed by atoms with Crippen LogP contribution in [-0.4, -0.2) is 37.1 Å². The van der Waals surface area contributed by atoms with Crippen molar-refractivity contribution in [1.82, 2.24) is 10.3 Å². The van der Waals surface area contributed by atoms with Crippen molar-refractivity contribution in [2.24, 2.45) is 5.92 Å². The molecule has 0 unspecified atom stereocenters. The number of nitrogens with one attached hydrogen (secondary N) is 1. The minimum absolute atomic E-state index is 0.0947. The molecule has 0 atom stereocenters. The minimum Gasteiger partial charge on any atom is -0.484 e. The van der Waals surface area contributed by atoms with Gasteiger partial charge in [0.15, 0.2) is 6.61 Å². The maximum Gasteiger partial charge on any atom is 0.257 e. The summed E-state index contributed by atoms with van der Waals surface area (Å²) < 4.78 is 18.2. The number of aryl methyl sites for hydroxylation is 2. The van der Waals surface area contributed by atoms with Crippen LogP contribution in [0.1, 0.15) is 29.7 Å². The van der Waals surface area contributed by atoms with Gasteiger partial charge in [0, 0.05) is 25.3 Å². The van der Waals surface area contributed by atoms with Crippen LogP contribution >= 0.6 is 0 Å². The number of pyridine rings is 1. The van der Waals surface area contributed by atoms with E-state index in [0.29, 0.717) is 23.8 Å². The molecule has 0 bridgehead atoms. The highest BCUT2D eigenvalue weighted by Gasteiger charge is 2.23. The third kappa shape index (κ3) is 5.44. The van der Waals surface area contributed by atoms with Gasteiger partial charge in [-0.2, -0.15) is 5.26 Å². The lowest BCUT2D eigenvalue weighted by molar-refractivity contribution is -0.123. The number of hydrogen-bond acceptors (Lipinski definition) is 5. The summed E-state index contributed by atoms with van der Waals surface area (Å²) in [4.78, 5) is 18.7. The fraction of sp³-hybridized carbons (Fsp3) is 0.409. The molecule has 3 rings (SSSR count). The smallest absolute Gasteiger partial charge is 0.257 e. The lowest BCUT2D eigenvalue weighted by Crippen LogP contribution is -2.40. The zero-order valence-corrected chi connectivity index (χ0v) is 16.7. The van der Waals surface area contributed by atoms with Gasteiger partial charge in [-0.1, -0.05) is 0 Å². The van der Waals surface area contributed by atoms with Gasteiger partial charge in [-0.25, -0.2) is 9.37 Å². The predicted molar refractivity (Wildman–Crippen MR) is 108 cm³/mol. The summed E-state index contributed by atoms with van der Waals surface area (Å²) in [5.74, 6) is 1.06. The van der Waals surface area contributed by atoms with Gasteiger partial charge in [0.1, 0.15) is 23.5 Å². The Hall–Kier alpha value is -3.14. The predicted octanol–water partition coefficient (Wildman–Crippen LogP) is 3.12. The molecule has 1 saturated heterocycles. The Balaban J connectivity index is 1.45. The van der Waals surface area contributed by atoms with E-state index in [2.05, 4.69) is 21.3 Å². The quantitative estimate of drug-likeness (QED) is 0.812. The van der Waals surface area contributed by atoms with Gasteiger partial charge < -0.3 is 15.0 Å². The first-order valence-corrected chi connectivity index (χ1v) is 9.74. The molecule has 1 aromatic carbocycles. The van der Waals surface area contributed by atoms with Gasteiger partial charge in [-0.3, -0.25) is 4.79 Å². The third-order valence-corrected chi connectivity index (χ3v) is 5.12. The molecule has 1 amide bonds. The number of anilines is 1. The van der Waals surface area contributed by atoms with E-state index >= 15 is 0 Å². The molecule has 1 fully saturated rings. The number of nitriles is 1. The second kappa shape index (κ2) is 9.37. The van der Waals surface area contributed by atoms with Gasteiger partial charge in [-0.05, 0) is 68.5 Å². The number of amides is 1. The number of ether oxygens (including phenoxy) is 1. The molecular weight excluding hydrogens is 371 g/mol. The molecule has 29 heavy (non-hydrogen) atoms. The van der Waals surface area contributed by atoms with Crippen LogP contribution in [0.15, 0.2) is 30.3 Å². The van der Waals surface area contributed by atoms with E-state index in [-0.39, 0.29) is 18.3 Å². The molecule has 2 heterocycles. The average molecular weight is 396 g/mol. The Bertz CT molecular complexity index is 900. The number of aromatic nitrogens is 1. The van der Waals surface area contributed by atoms with Crippen molar-refractivity contribution in [1.29, 1.82) is 5.26 Å². The fourth-order valence-electron chi connectivity index (χ4n) is 3.52. The number of piperidine rings is 1. The van der Waals surface area contributed by atoms with Gasteiger partial charge >= 0.3 is 0 Å². The molecule has 1 N–H and O–H groups in total.